The minimum absolute atomic E-state index is 0.0535. The highest BCUT2D eigenvalue weighted by molar-refractivity contribution is 6.00. The Labute approximate surface area is 142 Å². The first kappa shape index (κ1) is 16.2. The fraction of sp³-hybridized carbons (Fsp3) is 0.316. The number of amides is 1. The van der Waals surface area contributed by atoms with Gasteiger partial charge in [0.25, 0.3) is 0 Å². The second kappa shape index (κ2) is 6.83. The van der Waals surface area contributed by atoms with Gasteiger partial charge < -0.3 is 19.7 Å². The lowest BCUT2D eigenvalue weighted by molar-refractivity contribution is -0.118. The van der Waals surface area contributed by atoms with Gasteiger partial charge in [0.1, 0.15) is 17.5 Å². The number of nitrogens with zero attached hydrogens (tertiary/aromatic N) is 1. The highest BCUT2D eigenvalue weighted by Gasteiger charge is 2.28. The summed E-state index contributed by atoms with van der Waals surface area (Å²) in [5.74, 6) is 1.42. The zero-order chi connectivity index (χ0) is 17.1. The van der Waals surface area contributed by atoms with Gasteiger partial charge in [0.2, 0.25) is 5.91 Å². The van der Waals surface area contributed by atoms with E-state index in [4.69, 9.17) is 9.47 Å². The van der Waals surface area contributed by atoms with Gasteiger partial charge in [-0.3, -0.25) is 4.79 Å². The third-order valence-electron chi connectivity index (χ3n) is 4.30. The highest BCUT2D eigenvalue weighted by atomic mass is 16.5. The molecule has 0 aromatic heterocycles. The minimum Gasteiger partial charge on any atom is -0.497 e. The molecule has 5 heteroatoms. The van der Waals surface area contributed by atoms with E-state index in [2.05, 4.69) is 11.4 Å². The molecule has 0 spiro atoms. The molecule has 24 heavy (non-hydrogen) atoms. The van der Waals surface area contributed by atoms with Crippen molar-refractivity contribution in [3.8, 4) is 11.5 Å². The molecule has 0 radical (unpaired) electrons. The van der Waals surface area contributed by atoms with Crippen molar-refractivity contribution in [1.82, 2.24) is 0 Å². The van der Waals surface area contributed by atoms with E-state index in [1.165, 1.54) is 5.56 Å². The van der Waals surface area contributed by atoms with Crippen LogP contribution in [0.25, 0.3) is 0 Å². The van der Waals surface area contributed by atoms with Gasteiger partial charge in [-0.25, -0.2) is 0 Å². The summed E-state index contributed by atoms with van der Waals surface area (Å²) in [7, 11) is 3.21. The van der Waals surface area contributed by atoms with Gasteiger partial charge in [-0.1, -0.05) is 18.2 Å². The number of hydrogen-bond acceptors (Lipinski definition) is 4. The number of rotatable bonds is 5. The third-order valence-corrected chi connectivity index (χ3v) is 4.30. The third kappa shape index (κ3) is 3.02. The molecule has 0 fully saturated rings. The number of nitrogens with one attached hydrogen (secondary N) is 1. The average Bonchev–Trinajstić information content (AvgIpc) is 3.05. The predicted octanol–water partition coefficient (Wildman–Crippen LogP) is 3.09. The summed E-state index contributed by atoms with van der Waals surface area (Å²) in [6, 6.07) is 13.2. The van der Waals surface area contributed by atoms with Crippen LogP contribution in [-0.2, 0) is 11.2 Å². The van der Waals surface area contributed by atoms with E-state index in [1.807, 2.05) is 42.2 Å². The molecule has 1 atom stereocenters. The van der Waals surface area contributed by atoms with Crippen molar-refractivity contribution in [2.24, 2.45) is 0 Å². The Bertz CT molecular complexity index is 745. The Hall–Kier alpha value is -2.69. The molecule has 126 valence electrons. The zero-order valence-electron chi connectivity index (χ0n) is 14.2. The van der Waals surface area contributed by atoms with Crippen LogP contribution in [-0.4, -0.2) is 32.7 Å². The minimum atomic E-state index is -0.363. The Morgan fingerprint density at radius 1 is 1.17 bits per heavy atom. The first-order valence-electron chi connectivity index (χ1n) is 8.02. The maximum Gasteiger partial charge on any atom is 0.249 e. The molecule has 0 saturated heterocycles. The average molecular weight is 326 g/mol. The Kier molecular flexibility index (Phi) is 4.60. The van der Waals surface area contributed by atoms with Gasteiger partial charge in [-0.05, 0) is 37.1 Å². The number of ether oxygens (including phenoxy) is 2. The molecule has 1 N–H and O–H groups in total. The summed E-state index contributed by atoms with van der Waals surface area (Å²) in [4.78, 5) is 14.7. The number of anilines is 2. The first-order chi connectivity index (χ1) is 11.6. The Morgan fingerprint density at radius 2 is 1.96 bits per heavy atom. The molecule has 5 nitrogen and oxygen atoms in total. The molecule has 0 bridgehead atoms. The van der Waals surface area contributed by atoms with Crippen molar-refractivity contribution >= 4 is 17.3 Å². The Morgan fingerprint density at radius 3 is 2.71 bits per heavy atom. The van der Waals surface area contributed by atoms with Crippen molar-refractivity contribution in [3.63, 3.8) is 0 Å². The summed E-state index contributed by atoms with van der Waals surface area (Å²) in [6.45, 7) is 2.59. The van der Waals surface area contributed by atoms with Crippen LogP contribution < -0.4 is 19.7 Å². The van der Waals surface area contributed by atoms with Crippen LogP contribution >= 0.6 is 0 Å². The van der Waals surface area contributed by atoms with Crippen molar-refractivity contribution in [1.29, 1.82) is 0 Å². The van der Waals surface area contributed by atoms with Crippen molar-refractivity contribution < 1.29 is 14.3 Å². The molecule has 1 aliphatic rings. The fourth-order valence-electron chi connectivity index (χ4n) is 3.01. The second-order valence-electron chi connectivity index (χ2n) is 5.80. The molecule has 2 aromatic rings. The number of carbonyl (C=O) groups is 1. The summed E-state index contributed by atoms with van der Waals surface area (Å²) in [6.07, 6.45) is 0.903. The Balaban J connectivity index is 1.76. The lowest BCUT2D eigenvalue weighted by Crippen LogP contribution is -2.40. The van der Waals surface area contributed by atoms with Crippen LogP contribution in [0.5, 0.6) is 11.5 Å². The molecule has 1 heterocycles. The number of benzene rings is 2. The van der Waals surface area contributed by atoms with Gasteiger partial charge >= 0.3 is 0 Å². The van der Waals surface area contributed by atoms with Crippen LogP contribution in [0.3, 0.4) is 0 Å². The standard InChI is InChI=1S/C19H22N2O3/c1-13(20-16-9-8-15(23-2)12-18(16)24-3)19(22)21-11-10-14-6-4-5-7-17(14)21/h4-9,12-13,20H,10-11H2,1-3H3/t13-/m0/s1. The highest BCUT2D eigenvalue weighted by Crippen LogP contribution is 2.31. The smallest absolute Gasteiger partial charge is 0.249 e. The molecular weight excluding hydrogens is 304 g/mol. The zero-order valence-corrected chi connectivity index (χ0v) is 14.2. The number of para-hydroxylation sites is 1. The normalized spacial score (nSPS) is 14.0. The van der Waals surface area contributed by atoms with E-state index in [0.29, 0.717) is 11.5 Å². The number of methoxy groups -OCH3 is 2. The molecule has 0 aliphatic carbocycles. The lowest BCUT2D eigenvalue weighted by Gasteiger charge is -2.24. The largest absolute Gasteiger partial charge is 0.497 e. The van der Waals surface area contributed by atoms with E-state index in [0.717, 1.165) is 24.3 Å². The summed E-state index contributed by atoms with van der Waals surface area (Å²) < 4.78 is 10.6. The number of fused-ring (bicyclic) bond motifs is 1. The molecule has 3 rings (SSSR count). The predicted molar refractivity (Wildman–Crippen MR) is 95.1 cm³/mol. The topological polar surface area (TPSA) is 50.8 Å². The summed E-state index contributed by atoms with van der Waals surface area (Å²) >= 11 is 0. The van der Waals surface area contributed by atoms with Gasteiger partial charge in [-0.15, -0.1) is 0 Å². The molecular formula is C19H22N2O3. The van der Waals surface area contributed by atoms with Crippen molar-refractivity contribution in [2.45, 2.75) is 19.4 Å². The molecule has 2 aromatic carbocycles. The van der Waals surface area contributed by atoms with Gasteiger partial charge in [-0.2, -0.15) is 0 Å². The number of hydrogen-bond donors (Lipinski definition) is 1. The van der Waals surface area contributed by atoms with E-state index in [9.17, 15) is 4.79 Å². The van der Waals surface area contributed by atoms with E-state index in [1.54, 1.807) is 20.3 Å². The van der Waals surface area contributed by atoms with Crippen LogP contribution in [0.4, 0.5) is 11.4 Å². The van der Waals surface area contributed by atoms with Crippen molar-refractivity contribution in [3.05, 3.63) is 48.0 Å². The van der Waals surface area contributed by atoms with Crippen LogP contribution in [0.2, 0.25) is 0 Å². The lowest BCUT2D eigenvalue weighted by atomic mass is 10.2. The van der Waals surface area contributed by atoms with Crippen LogP contribution in [0.1, 0.15) is 12.5 Å². The second-order valence-corrected chi connectivity index (χ2v) is 5.80. The molecule has 1 aliphatic heterocycles. The van der Waals surface area contributed by atoms with Crippen LogP contribution in [0, 0.1) is 0 Å². The van der Waals surface area contributed by atoms with E-state index < -0.39 is 0 Å². The maximum absolute atomic E-state index is 12.8. The van der Waals surface area contributed by atoms with Crippen molar-refractivity contribution in [2.75, 3.05) is 31.0 Å². The molecule has 0 saturated carbocycles. The van der Waals surface area contributed by atoms with E-state index in [-0.39, 0.29) is 11.9 Å². The fourth-order valence-corrected chi connectivity index (χ4v) is 3.01. The van der Waals surface area contributed by atoms with E-state index >= 15 is 0 Å². The monoisotopic (exact) mass is 326 g/mol. The summed E-state index contributed by atoms with van der Waals surface area (Å²) in [5.41, 5.74) is 3.00. The van der Waals surface area contributed by atoms with Crippen LogP contribution in [0.15, 0.2) is 42.5 Å². The molecule has 1 amide bonds. The SMILES string of the molecule is COc1ccc(N[C@@H](C)C(=O)N2CCc3ccccc32)c(OC)c1. The van der Waals surface area contributed by atoms with Gasteiger partial charge in [0, 0.05) is 18.3 Å². The quantitative estimate of drug-likeness (QED) is 0.917. The maximum atomic E-state index is 12.8. The van der Waals surface area contributed by atoms with Gasteiger partial charge in [0.05, 0.1) is 19.9 Å². The van der Waals surface area contributed by atoms with Gasteiger partial charge in [0.15, 0.2) is 0 Å². The summed E-state index contributed by atoms with van der Waals surface area (Å²) in [5, 5.41) is 3.25. The molecule has 0 unspecified atom stereocenters. The first-order valence-corrected chi connectivity index (χ1v) is 8.02. The number of carbonyl (C=O) groups excluding carboxylic acids is 1.